The van der Waals surface area contributed by atoms with Crippen LogP contribution in [0.1, 0.15) is 46.5 Å². The first-order valence-electron chi connectivity index (χ1n) is 6.59. The molecule has 1 saturated heterocycles. The summed E-state index contributed by atoms with van der Waals surface area (Å²) in [6.07, 6.45) is 5.23. The maximum atomic E-state index is 5.55. The van der Waals surface area contributed by atoms with Gasteiger partial charge in [-0.15, -0.1) is 0 Å². The molecule has 1 fully saturated rings. The summed E-state index contributed by atoms with van der Waals surface area (Å²) in [6, 6.07) is 0.738. The molecule has 0 aromatic carbocycles. The first-order chi connectivity index (χ1) is 7.15. The predicted octanol–water partition coefficient (Wildman–Crippen LogP) is 2.48. The van der Waals surface area contributed by atoms with E-state index in [1.54, 1.807) is 0 Å². The van der Waals surface area contributed by atoms with E-state index < -0.39 is 0 Å². The third-order valence-corrected chi connectivity index (χ3v) is 3.97. The minimum atomic E-state index is 0.738. The molecule has 15 heavy (non-hydrogen) atoms. The van der Waals surface area contributed by atoms with Gasteiger partial charge in [-0.05, 0) is 64.1 Å². The molecule has 0 amide bonds. The van der Waals surface area contributed by atoms with Crippen LogP contribution < -0.4 is 5.73 Å². The summed E-state index contributed by atoms with van der Waals surface area (Å²) in [6.45, 7) is 10.5. The van der Waals surface area contributed by atoms with Crippen molar-refractivity contribution in [1.82, 2.24) is 4.90 Å². The van der Waals surface area contributed by atoms with Gasteiger partial charge in [-0.3, -0.25) is 0 Å². The summed E-state index contributed by atoms with van der Waals surface area (Å²) in [4.78, 5) is 2.65. The van der Waals surface area contributed by atoms with Crippen LogP contribution in [0.4, 0.5) is 0 Å². The molecule has 0 aromatic rings. The van der Waals surface area contributed by atoms with Crippen molar-refractivity contribution in [3.63, 3.8) is 0 Å². The highest BCUT2D eigenvalue weighted by molar-refractivity contribution is 4.77. The minimum absolute atomic E-state index is 0.738. The first-order valence-corrected chi connectivity index (χ1v) is 6.59. The van der Waals surface area contributed by atoms with E-state index in [2.05, 4.69) is 25.7 Å². The maximum absolute atomic E-state index is 5.55. The SMILES string of the molecule is CC(C)C1CCN(C(C)CCCN)CC1. The number of hydrogen-bond donors (Lipinski definition) is 1. The number of nitrogens with zero attached hydrogens (tertiary/aromatic N) is 1. The molecule has 0 bridgehead atoms. The van der Waals surface area contributed by atoms with Crippen LogP contribution in [0, 0.1) is 11.8 Å². The van der Waals surface area contributed by atoms with Gasteiger partial charge in [-0.25, -0.2) is 0 Å². The highest BCUT2D eigenvalue weighted by Crippen LogP contribution is 2.25. The number of likely N-dealkylation sites (tertiary alicyclic amines) is 1. The van der Waals surface area contributed by atoms with E-state index in [0.717, 1.165) is 24.4 Å². The second-order valence-electron chi connectivity index (χ2n) is 5.40. The lowest BCUT2D eigenvalue weighted by atomic mass is 9.86. The molecule has 0 aliphatic carbocycles. The summed E-state index contributed by atoms with van der Waals surface area (Å²) in [5.41, 5.74) is 5.55. The molecular formula is C13H28N2. The van der Waals surface area contributed by atoms with Crippen molar-refractivity contribution < 1.29 is 0 Å². The van der Waals surface area contributed by atoms with Gasteiger partial charge in [-0.2, -0.15) is 0 Å². The molecule has 0 radical (unpaired) electrons. The second kappa shape index (κ2) is 6.49. The van der Waals surface area contributed by atoms with Gasteiger partial charge in [0.05, 0.1) is 0 Å². The average molecular weight is 212 g/mol. The van der Waals surface area contributed by atoms with E-state index in [9.17, 15) is 0 Å². The van der Waals surface area contributed by atoms with Crippen LogP contribution in [0.15, 0.2) is 0 Å². The Labute approximate surface area is 95.2 Å². The molecule has 0 aromatic heterocycles. The Kier molecular flexibility index (Phi) is 5.62. The van der Waals surface area contributed by atoms with Crippen molar-refractivity contribution in [2.75, 3.05) is 19.6 Å². The molecule has 1 aliphatic rings. The van der Waals surface area contributed by atoms with Crippen molar-refractivity contribution in [2.24, 2.45) is 17.6 Å². The fourth-order valence-electron chi connectivity index (χ4n) is 2.62. The van der Waals surface area contributed by atoms with Gasteiger partial charge in [0.1, 0.15) is 0 Å². The van der Waals surface area contributed by atoms with Gasteiger partial charge in [0.25, 0.3) is 0 Å². The maximum Gasteiger partial charge on any atom is 0.00674 e. The van der Waals surface area contributed by atoms with Crippen molar-refractivity contribution >= 4 is 0 Å². The lowest BCUT2D eigenvalue weighted by Crippen LogP contribution is -2.41. The summed E-state index contributed by atoms with van der Waals surface area (Å²) in [5.74, 6) is 1.83. The molecule has 2 nitrogen and oxygen atoms in total. The molecule has 1 aliphatic heterocycles. The van der Waals surface area contributed by atoms with E-state index in [-0.39, 0.29) is 0 Å². The quantitative estimate of drug-likeness (QED) is 0.758. The number of nitrogens with two attached hydrogens (primary N) is 1. The van der Waals surface area contributed by atoms with Crippen LogP contribution in [-0.2, 0) is 0 Å². The van der Waals surface area contributed by atoms with E-state index >= 15 is 0 Å². The first kappa shape index (κ1) is 13.0. The summed E-state index contributed by atoms with van der Waals surface area (Å²) >= 11 is 0. The molecule has 2 N–H and O–H groups in total. The Balaban J connectivity index is 2.24. The second-order valence-corrected chi connectivity index (χ2v) is 5.40. The number of hydrogen-bond acceptors (Lipinski definition) is 2. The van der Waals surface area contributed by atoms with Crippen molar-refractivity contribution in [3.8, 4) is 0 Å². The molecule has 90 valence electrons. The zero-order chi connectivity index (χ0) is 11.3. The van der Waals surface area contributed by atoms with E-state index in [1.165, 1.54) is 38.8 Å². The van der Waals surface area contributed by atoms with E-state index in [4.69, 9.17) is 5.73 Å². The molecule has 1 rings (SSSR count). The summed E-state index contributed by atoms with van der Waals surface area (Å²) in [7, 11) is 0. The topological polar surface area (TPSA) is 29.3 Å². The summed E-state index contributed by atoms with van der Waals surface area (Å²) in [5, 5.41) is 0. The van der Waals surface area contributed by atoms with Crippen LogP contribution in [0.25, 0.3) is 0 Å². The fraction of sp³-hybridized carbons (Fsp3) is 1.00. The highest BCUT2D eigenvalue weighted by Gasteiger charge is 2.23. The van der Waals surface area contributed by atoms with Crippen LogP contribution >= 0.6 is 0 Å². The van der Waals surface area contributed by atoms with Gasteiger partial charge >= 0.3 is 0 Å². The van der Waals surface area contributed by atoms with Crippen molar-refractivity contribution in [3.05, 3.63) is 0 Å². The van der Waals surface area contributed by atoms with Crippen LogP contribution in [0.2, 0.25) is 0 Å². The van der Waals surface area contributed by atoms with Gasteiger partial charge in [0, 0.05) is 6.04 Å². The zero-order valence-electron chi connectivity index (χ0n) is 10.7. The van der Waals surface area contributed by atoms with E-state index in [0.29, 0.717) is 0 Å². The smallest absolute Gasteiger partial charge is 0.00674 e. The minimum Gasteiger partial charge on any atom is -0.330 e. The van der Waals surface area contributed by atoms with Crippen LogP contribution in [0.5, 0.6) is 0 Å². The zero-order valence-corrected chi connectivity index (χ0v) is 10.7. The molecular weight excluding hydrogens is 184 g/mol. The lowest BCUT2D eigenvalue weighted by Gasteiger charge is -2.37. The largest absolute Gasteiger partial charge is 0.330 e. The lowest BCUT2D eigenvalue weighted by molar-refractivity contribution is 0.117. The number of piperidine rings is 1. The Morgan fingerprint density at radius 3 is 2.27 bits per heavy atom. The molecule has 0 saturated carbocycles. The third-order valence-electron chi connectivity index (χ3n) is 3.97. The third kappa shape index (κ3) is 4.12. The standard InChI is InChI=1S/C13H28N2/c1-11(2)13-6-9-15(10-7-13)12(3)5-4-8-14/h11-13H,4-10,14H2,1-3H3. The normalized spacial score (nSPS) is 22.2. The molecule has 1 atom stereocenters. The van der Waals surface area contributed by atoms with Crippen molar-refractivity contribution in [1.29, 1.82) is 0 Å². The van der Waals surface area contributed by atoms with E-state index in [1.807, 2.05) is 0 Å². The molecule has 2 heteroatoms. The molecule has 0 spiro atoms. The fourth-order valence-corrected chi connectivity index (χ4v) is 2.62. The Morgan fingerprint density at radius 2 is 1.80 bits per heavy atom. The Hall–Kier alpha value is -0.0800. The van der Waals surface area contributed by atoms with Crippen LogP contribution in [0.3, 0.4) is 0 Å². The highest BCUT2D eigenvalue weighted by atomic mass is 15.2. The van der Waals surface area contributed by atoms with Gasteiger partial charge in [0.2, 0.25) is 0 Å². The van der Waals surface area contributed by atoms with Crippen LogP contribution in [-0.4, -0.2) is 30.6 Å². The monoisotopic (exact) mass is 212 g/mol. The Morgan fingerprint density at radius 1 is 1.20 bits per heavy atom. The van der Waals surface area contributed by atoms with Gasteiger partial charge < -0.3 is 10.6 Å². The summed E-state index contributed by atoms with van der Waals surface area (Å²) < 4.78 is 0. The van der Waals surface area contributed by atoms with Gasteiger partial charge in [0.15, 0.2) is 0 Å². The Bertz CT molecular complexity index is 160. The molecule has 1 unspecified atom stereocenters. The molecule has 1 heterocycles. The van der Waals surface area contributed by atoms with Crippen molar-refractivity contribution in [2.45, 2.75) is 52.5 Å². The average Bonchev–Trinajstić information content (AvgIpc) is 2.26. The predicted molar refractivity (Wildman–Crippen MR) is 66.9 cm³/mol. The number of rotatable bonds is 5. The van der Waals surface area contributed by atoms with Gasteiger partial charge in [-0.1, -0.05) is 13.8 Å².